The first-order chi connectivity index (χ1) is 15.3. The highest BCUT2D eigenvalue weighted by atomic mass is 15.5. The van der Waals surface area contributed by atoms with Crippen molar-refractivity contribution in [2.24, 2.45) is 22.4 Å². The summed E-state index contributed by atoms with van der Waals surface area (Å²) in [5, 5.41) is 7.73. The molecule has 1 aliphatic heterocycles. The second kappa shape index (κ2) is 9.62. The Kier molecular flexibility index (Phi) is 6.85. The summed E-state index contributed by atoms with van der Waals surface area (Å²) >= 11 is 0. The average molecular weight is 430 g/mol. The number of benzene rings is 2. The molecule has 3 unspecified atom stereocenters. The zero-order chi connectivity index (χ0) is 22.7. The molecule has 2 aliphatic rings. The number of hydrogen-bond acceptors (Lipinski definition) is 3. The van der Waals surface area contributed by atoms with Gasteiger partial charge in [0.2, 0.25) is 0 Å². The molecule has 4 rings (SSSR count). The van der Waals surface area contributed by atoms with Crippen molar-refractivity contribution < 1.29 is 0 Å². The highest BCUT2D eigenvalue weighted by molar-refractivity contribution is 6.07. The molecule has 1 saturated carbocycles. The van der Waals surface area contributed by atoms with Crippen LogP contribution in [0, 0.1) is 17.3 Å². The topological polar surface area (TPSA) is 18.8 Å². The molecule has 1 heterocycles. The van der Waals surface area contributed by atoms with E-state index in [9.17, 15) is 0 Å². The fraction of sp³-hybridized carbons (Fsp3) is 0.483. The zero-order valence-corrected chi connectivity index (χ0v) is 20.5. The minimum absolute atomic E-state index is 0.279. The van der Waals surface area contributed by atoms with E-state index in [0.717, 1.165) is 25.9 Å². The van der Waals surface area contributed by atoms with Crippen LogP contribution in [0.15, 0.2) is 71.3 Å². The van der Waals surface area contributed by atoms with Crippen molar-refractivity contribution in [3.8, 4) is 0 Å². The fourth-order valence-electron chi connectivity index (χ4n) is 5.27. The lowest BCUT2D eigenvalue weighted by Gasteiger charge is -2.40. The quantitative estimate of drug-likeness (QED) is 0.521. The van der Waals surface area contributed by atoms with Crippen molar-refractivity contribution >= 4 is 11.8 Å². The van der Waals surface area contributed by atoms with Crippen molar-refractivity contribution in [3.05, 3.63) is 77.4 Å². The van der Waals surface area contributed by atoms with Gasteiger partial charge < -0.3 is 4.90 Å². The molecule has 0 saturated heterocycles. The van der Waals surface area contributed by atoms with Crippen LogP contribution >= 0.6 is 0 Å². The Bertz CT molecular complexity index is 937. The van der Waals surface area contributed by atoms with Gasteiger partial charge in [-0.3, -0.25) is 5.01 Å². The van der Waals surface area contributed by atoms with Gasteiger partial charge in [-0.15, -0.1) is 0 Å². The predicted molar refractivity (Wildman–Crippen MR) is 137 cm³/mol. The maximum Gasteiger partial charge on any atom is 0.0804 e. The van der Waals surface area contributed by atoms with Crippen LogP contribution in [0.25, 0.3) is 6.08 Å². The monoisotopic (exact) mass is 429 g/mol. The van der Waals surface area contributed by atoms with Crippen LogP contribution in [-0.4, -0.2) is 42.8 Å². The fourth-order valence-corrected chi connectivity index (χ4v) is 5.27. The molecule has 0 amide bonds. The predicted octanol–water partition coefficient (Wildman–Crippen LogP) is 6.51. The SMILES string of the molecule is CN(C)CCCN1N=C2C(=Cc3ccccc3)CC(C(C)(C)C)CC2C1c1ccccc1. The normalized spacial score (nSPS) is 24.7. The first-order valence-corrected chi connectivity index (χ1v) is 12.1. The van der Waals surface area contributed by atoms with Gasteiger partial charge >= 0.3 is 0 Å². The number of hydrazone groups is 1. The molecule has 2 aromatic rings. The third-order valence-electron chi connectivity index (χ3n) is 7.12. The number of hydrogen-bond donors (Lipinski definition) is 0. The standard InChI is InChI=1S/C29H39N3/c1-29(2,3)25-20-24(19-22-13-8-6-9-14-22)27-26(21-25)28(23-15-10-7-11-16-23)32(30-27)18-12-17-31(4)5/h6-11,13-16,19,25-26,28H,12,17-18,20-21H2,1-5H3. The van der Waals surface area contributed by atoms with E-state index in [-0.39, 0.29) is 5.41 Å². The van der Waals surface area contributed by atoms with Crippen LogP contribution in [0.5, 0.6) is 0 Å². The van der Waals surface area contributed by atoms with Crippen LogP contribution in [0.2, 0.25) is 0 Å². The van der Waals surface area contributed by atoms with Gasteiger partial charge in [0.15, 0.2) is 0 Å². The molecule has 170 valence electrons. The summed E-state index contributed by atoms with van der Waals surface area (Å²) < 4.78 is 0. The lowest BCUT2D eigenvalue weighted by Crippen LogP contribution is -2.36. The van der Waals surface area contributed by atoms with Crippen molar-refractivity contribution in [2.75, 3.05) is 27.2 Å². The van der Waals surface area contributed by atoms with E-state index < -0.39 is 0 Å². The number of rotatable bonds is 6. The van der Waals surface area contributed by atoms with Crippen LogP contribution in [0.3, 0.4) is 0 Å². The summed E-state index contributed by atoms with van der Waals surface area (Å²) in [6.07, 6.45) is 5.84. The average Bonchev–Trinajstić information content (AvgIpc) is 3.13. The molecule has 2 aromatic carbocycles. The van der Waals surface area contributed by atoms with E-state index in [1.165, 1.54) is 28.8 Å². The van der Waals surface area contributed by atoms with E-state index in [2.05, 4.69) is 112 Å². The van der Waals surface area contributed by atoms with Gasteiger partial charge in [-0.2, -0.15) is 5.10 Å². The Labute approximate surface area is 194 Å². The third-order valence-corrected chi connectivity index (χ3v) is 7.12. The van der Waals surface area contributed by atoms with Gasteiger partial charge in [-0.05, 0) is 74.0 Å². The molecule has 3 nitrogen and oxygen atoms in total. The molecule has 0 N–H and O–H groups in total. The van der Waals surface area contributed by atoms with E-state index in [4.69, 9.17) is 5.10 Å². The van der Waals surface area contributed by atoms with Gasteiger partial charge in [0.25, 0.3) is 0 Å². The van der Waals surface area contributed by atoms with Crippen molar-refractivity contribution in [2.45, 2.75) is 46.1 Å². The molecular formula is C29H39N3. The Morgan fingerprint density at radius 1 is 1.00 bits per heavy atom. The molecule has 0 radical (unpaired) electrons. The smallest absolute Gasteiger partial charge is 0.0804 e. The van der Waals surface area contributed by atoms with Gasteiger partial charge in [0.1, 0.15) is 0 Å². The highest BCUT2D eigenvalue weighted by Crippen LogP contribution is 2.50. The summed E-state index contributed by atoms with van der Waals surface area (Å²) in [4.78, 5) is 2.27. The van der Waals surface area contributed by atoms with Crippen LogP contribution in [0.1, 0.15) is 57.2 Å². The van der Waals surface area contributed by atoms with Gasteiger partial charge in [-0.25, -0.2) is 0 Å². The Balaban J connectivity index is 1.73. The first-order valence-electron chi connectivity index (χ1n) is 12.1. The highest BCUT2D eigenvalue weighted by Gasteiger charge is 2.45. The summed E-state index contributed by atoms with van der Waals surface area (Å²) in [6, 6.07) is 22.2. The van der Waals surface area contributed by atoms with Crippen molar-refractivity contribution in [3.63, 3.8) is 0 Å². The molecule has 0 bridgehead atoms. The summed E-state index contributed by atoms with van der Waals surface area (Å²) in [7, 11) is 4.30. The van der Waals surface area contributed by atoms with Crippen molar-refractivity contribution in [1.29, 1.82) is 0 Å². The third kappa shape index (κ3) is 5.15. The van der Waals surface area contributed by atoms with Gasteiger partial charge in [-0.1, -0.05) is 81.4 Å². The van der Waals surface area contributed by atoms with E-state index in [1.807, 2.05) is 0 Å². The zero-order valence-electron chi connectivity index (χ0n) is 20.5. The lowest BCUT2D eigenvalue weighted by molar-refractivity contribution is 0.148. The van der Waals surface area contributed by atoms with Crippen molar-refractivity contribution in [1.82, 2.24) is 9.91 Å². The summed E-state index contributed by atoms with van der Waals surface area (Å²) in [6.45, 7) is 9.30. The minimum Gasteiger partial charge on any atom is -0.309 e. The Morgan fingerprint density at radius 3 is 2.28 bits per heavy atom. The summed E-state index contributed by atoms with van der Waals surface area (Å²) in [5.41, 5.74) is 5.72. The molecule has 3 atom stereocenters. The first kappa shape index (κ1) is 22.8. The van der Waals surface area contributed by atoms with E-state index >= 15 is 0 Å². The number of nitrogens with zero attached hydrogens (tertiary/aromatic N) is 3. The minimum atomic E-state index is 0.279. The Hall–Kier alpha value is -2.39. The van der Waals surface area contributed by atoms with Gasteiger partial charge in [0, 0.05) is 12.5 Å². The Morgan fingerprint density at radius 2 is 1.66 bits per heavy atom. The molecule has 1 fully saturated rings. The van der Waals surface area contributed by atoms with Crippen LogP contribution < -0.4 is 0 Å². The molecule has 3 heteroatoms. The second-order valence-corrected chi connectivity index (χ2v) is 10.9. The molecule has 1 aliphatic carbocycles. The second-order valence-electron chi connectivity index (χ2n) is 10.9. The molecule has 32 heavy (non-hydrogen) atoms. The molecular weight excluding hydrogens is 390 g/mol. The lowest BCUT2D eigenvalue weighted by atomic mass is 9.65. The van der Waals surface area contributed by atoms with Crippen LogP contribution in [-0.2, 0) is 0 Å². The van der Waals surface area contributed by atoms with Crippen LogP contribution in [0.4, 0.5) is 0 Å². The maximum atomic E-state index is 5.32. The molecule has 0 spiro atoms. The maximum absolute atomic E-state index is 5.32. The van der Waals surface area contributed by atoms with E-state index in [1.54, 1.807) is 0 Å². The van der Waals surface area contributed by atoms with Gasteiger partial charge in [0.05, 0.1) is 11.8 Å². The number of allylic oxidation sites excluding steroid dienone is 1. The summed E-state index contributed by atoms with van der Waals surface area (Å²) in [5.74, 6) is 1.10. The van der Waals surface area contributed by atoms with E-state index in [0.29, 0.717) is 17.9 Å². The molecule has 0 aromatic heterocycles. The largest absolute Gasteiger partial charge is 0.309 e. The number of fused-ring (bicyclic) bond motifs is 1.